The number of carbonyl (C=O) groups excluding carboxylic acids is 1. The van der Waals surface area contributed by atoms with Crippen molar-refractivity contribution in [3.63, 3.8) is 0 Å². The lowest BCUT2D eigenvalue weighted by Crippen LogP contribution is -2.44. The molecule has 1 heterocycles. The molecule has 0 radical (unpaired) electrons. The van der Waals surface area contributed by atoms with Crippen LogP contribution in [0.4, 0.5) is 11.4 Å². The van der Waals surface area contributed by atoms with Gasteiger partial charge in [0.1, 0.15) is 5.69 Å². The molecular weight excluding hydrogens is 272 g/mol. The maximum atomic E-state index is 12.6. The summed E-state index contributed by atoms with van der Waals surface area (Å²) in [4.78, 5) is 24.8. The molecule has 114 valence electrons. The van der Waals surface area contributed by atoms with Gasteiger partial charge in [0.2, 0.25) is 0 Å². The monoisotopic (exact) mass is 292 g/mol. The standard InChI is InChI=1S/C14H20N4O3/c1-9-3-4-10(2)17(8-9)14(19)11-5-6-13(18(20)21)12(7-11)16-15/h5-7,9-10,16H,3-4,8,15H2,1-2H3. The van der Waals surface area contributed by atoms with Crippen molar-refractivity contribution in [2.75, 3.05) is 12.0 Å². The molecule has 3 N–H and O–H groups in total. The van der Waals surface area contributed by atoms with Crippen molar-refractivity contribution in [1.82, 2.24) is 4.90 Å². The Morgan fingerprint density at radius 3 is 2.76 bits per heavy atom. The van der Waals surface area contributed by atoms with Gasteiger partial charge in [0.15, 0.2) is 0 Å². The van der Waals surface area contributed by atoms with Gasteiger partial charge in [0.25, 0.3) is 11.6 Å². The van der Waals surface area contributed by atoms with E-state index in [-0.39, 0.29) is 23.3 Å². The summed E-state index contributed by atoms with van der Waals surface area (Å²) in [6.45, 7) is 4.86. The van der Waals surface area contributed by atoms with Gasteiger partial charge in [-0.3, -0.25) is 20.8 Å². The number of benzene rings is 1. The first-order chi connectivity index (χ1) is 9.93. The number of rotatable bonds is 3. The number of anilines is 1. The van der Waals surface area contributed by atoms with E-state index in [4.69, 9.17) is 5.84 Å². The quantitative estimate of drug-likeness (QED) is 0.505. The molecule has 1 aliphatic rings. The summed E-state index contributed by atoms with van der Waals surface area (Å²) < 4.78 is 0. The van der Waals surface area contributed by atoms with Crippen LogP contribution in [0.5, 0.6) is 0 Å². The van der Waals surface area contributed by atoms with E-state index in [0.29, 0.717) is 18.0 Å². The largest absolute Gasteiger partial charge is 0.336 e. The Kier molecular flexibility index (Phi) is 4.42. The van der Waals surface area contributed by atoms with Gasteiger partial charge >= 0.3 is 0 Å². The van der Waals surface area contributed by atoms with Crippen LogP contribution in [-0.4, -0.2) is 28.3 Å². The zero-order chi connectivity index (χ0) is 15.6. The number of hydrazine groups is 1. The Balaban J connectivity index is 2.28. The van der Waals surface area contributed by atoms with Crippen LogP contribution in [-0.2, 0) is 0 Å². The number of nitrogens with two attached hydrogens (primary N) is 1. The number of likely N-dealkylation sites (tertiary alicyclic amines) is 1. The Labute approximate surface area is 123 Å². The number of nitrogens with zero attached hydrogens (tertiary/aromatic N) is 2. The predicted octanol–water partition coefficient (Wildman–Crippen LogP) is 2.14. The van der Waals surface area contributed by atoms with Gasteiger partial charge in [-0.15, -0.1) is 0 Å². The zero-order valence-electron chi connectivity index (χ0n) is 12.2. The average Bonchev–Trinajstić information content (AvgIpc) is 2.48. The minimum Gasteiger partial charge on any atom is -0.336 e. The number of nitro groups is 1. The van der Waals surface area contributed by atoms with Crippen LogP contribution in [0.25, 0.3) is 0 Å². The van der Waals surface area contributed by atoms with Gasteiger partial charge in [-0.2, -0.15) is 0 Å². The van der Waals surface area contributed by atoms with Crippen molar-refractivity contribution in [2.24, 2.45) is 11.8 Å². The second kappa shape index (κ2) is 6.09. The van der Waals surface area contributed by atoms with Gasteiger partial charge in [-0.25, -0.2) is 0 Å². The SMILES string of the molecule is CC1CCC(C)N(C(=O)c2ccc([N+](=O)[O-])c(NN)c2)C1. The molecule has 1 saturated heterocycles. The number of nitro benzene ring substituents is 1. The fourth-order valence-corrected chi connectivity index (χ4v) is 2.68. The summed E-state index contributed by atoms with van der Waals surface area (Å²) >= 11 is 0. The Morgan fingerprint density at radius 2 is 2.14 bits per heavy atom. The number of amides is 1. The molecule has 2 rings (SSSR count). The molecule has 1 aromatic carbocycles. The second-order valence-corrected chi connectivity index (χ2v) is 5.62. The van der Waals surface area contributed by atoms with Crippen LogP contribution in [0, 0.1) is 16.0 Å². The molecule has 1 aromatic rings. The Hall–Kier alpha value is -2.15. The first-order valence-electron chi connectivity index (χ1n) is 7.00. The van der Waals surface area contributed by atoms with Crippen molar-refractivity contribution in [1.29, 1.82) is 0 Å². The van der Waals surface area contributed by atoms with Gasteiger partial charge in [0.05, 0.1) is 4.92 Å². The zero-order valence-corrected chi connectivity index (χ0v) is 12.2. The van der Waals surface area contributed by atoms with Crippen LogP contribution >= 0.6 is 0 Å². The van der Waals surface area contributed by atoms with E-state index >= 15 is 0 Å². The summed E-state index contributed by atoms with van der Waals surface area (Å²) in [6, 6.07) is 4.40. The minimum atomic E-state index is -0.533. The molecule has 0 bridgehead atoms. The number of piperidine rings is 1. The predicted molar refractivity (Wildman–Crippen MR) is 79.8 cm³/mol. The third-order valence-corrected chi connectivity index (χ3v) is 3.97. The number of hydrogen-bond donors (Lipinski definition) is 2. The number of carbonyl (C=O) groups is 1. The average molecular weight is 292 g/mol. The van der Waals surface area contributed by atoms with E-state index in [0.717, 1.165) is 12.8 Å². The van der Waals surface area contributed by atoms with Crippen molar-refractivity contribution in [3.8, 4) is 0 Å². The summed E-state index contributed by atoms with van der Waals surface area (Å²) in [7, 11) is 0. The lowest BCUT2D eigenvalue weighted by Gasteiger charge is -2.36. The fourth-order valence-electron chi connectivity index (χ4n) is 2.68. The molecule has 0 spiro atoms. The van der Waals surface area contributed by atoms with Crippen LogP contribution < -0.4 is 11.3 Å². The number of nitrogens with one attached hydrogen (secondary N) is 1. The number of nitrogen functional groups attached to an aromatic ring is 1. The molecule has 1 fully saturated rings. The van der Waals surface area contributed by atoms with Gasteiger partial charge < -0.3 is 10.3 Å². The molecule has 0 aliphatic carbocycles. The maximum Gasteiger partial charge on any atom is 0.293 e. The highest BCUT2D eigenvalue weighted by atomic mass is 16.6. The van der Waals surface area contributed by atoms with Crippen LogP contribution in [0.1, 0.15) is 37.0 Å². The third kappa shape index (κ3) is 3.13. The molecule has 1 aliphatic heterocycles. The summed E-state index contributed by atoms with van der Waals surface area (Å²) in [5.41, 5.74) is 2.69. The molecule has 2 unspecified atom stereocenters. The van der Waals surface area contributed by atoms with Crippen molar-refractivity contribution in [2.45, 2.75) is 32.7 Å². The van der Waals surface area contributed by atoms with Gasteiger partial charge in [-0.05, 0) is 37.8 Å². The molecule has 7 heteroatoms. The van der Waals surface area contributed by atoms with E-state index < -0.39 is 4.92 Å². The van der Waals surface area contributed by atoms with Gasteiger partial charge in [-0.1, -0.05) is 6.92 Å². The summed E-state index contributed by atoms with van der Waals surface area (Å²) in [6.07, 6.45) is 2.09. The molecule has 2 atom stereocenters. The molecule has 1 amide bonds. The van der Waals surface area contributed by atoms with E-state index in [1.807, 2.05) is 11.8 Å². The smallest absolute Gasteiger partial charge is 0.293 e. The topological polar surface area (TPSA) is 102 Å². The highest BCUT2D eigenvalue weighted by Crippen LogP contribution is 2.27. The molecule has 21 heavy (non-hydrogen) atoms. The van der Waals surface area contributed by atoms with E-state index in [2.05, 4.69) is 12.3 Å². The van der Waals surface area contributed by atoms with Crippen molar-refractivity contribution < 1.29 is 9.72 Å². The number of hydrogen-bond acceptors (Lipinski definition) is 5. The van der Waals surface area contributed by atoms with Crippen LogP contribution in [0.3, 0.4) is 0 Å². The third-order valence-electron chi connectivity index (χ3n) is 3.97. The Bertz CT molecular complexity index is 561. The first kappa shape index (κ1) is 15.2. The van der Waals surface area contributed by atoms with E-state index in [1.54, 1.807) is 0 Å². The lowest BCUT2D eigenvalue weighted by atomic mass is 9.94. The first-order valence-corrected chi connectivity index (χ1v) is 7.00. The molecule has 7 nitrogen and oxygen atoms in total. The lowest BCUT2D eigenvalue weighted by molar-refractivity contribution is -0.384. The van der Waals surface area contributed by atoms with Crippen LogP contribution in [0.2, 0.25) is 0 Å². The molecule has 0 saturated carbocycles. The van der Waals surface area contributed by atoms with Crippen molar-refractivity contribution >= 4 is 17.3 Å². The highest BCUT2D eigenvalue weighted by molar-refractivity contribution is 5.96. The van der Waals surface area contributed by atoms with Gasteiger partial charge in [0, 0.05) is 24.2 Å². The molecular formula is C14H20N4O3. The minimum absolute atomic E-state index is 0.111. The molecule has 0 aromatic heterocycles. The normalized spacial score (nSPS) is 22.0. The second-order valence-electron chi connectivity index (χ2n) is 5.62. The summed E-state index contributed by atoms with van der Waals surface area (Å²) in [5, 5.41) is 10.9. The summed E-state index contributed by atoms with van der Waals surface area (Å²) in [5.74, 6) is 5.66. The van der Waals surface area contributed by atoms with Crippen molar-refractivity contribution in [3.05, 3.63) is 33.9 Å². The van der Waals surface area contributed by atoms with E-state index in [1.165, 1.54) is 18.2 Å². The van der Waals surface area contributed by atoms with Crippen LogP contribution in [0.15, 0.2) is 18.2 Å². The maximum absolute atomic E-state index is 12.6. The fraction of sp³-hybridized carbons (Fsp3) is 0.500. The Morgan fingerprint density at radius 1 is 1.43 bits per heavy atom. The van der Waals surface area contributed by atoms with E-state index in [9.17, 15) is 14.9 Å². The highest BCUT2D eigenvalue weighted by Gasteiger charge is 2.28.